The van der Waals surface area contributed by atoms with Gasteiger partial charge in [0, 0.05) is 30.4 Å². The first-order valence-corrected chi connectivity index (χ1v) is 16.5. The van der Waals surface area contributed by atoms with Crippen LogP contribution in [-0.4, -0.2) is 103 Å². The normalized spacial score (nSPS) is 11.3. The predicted molar refractivity (Wildman–Crippen MR) is 197 cm³/mol. The Hall–Kier alpha value is -4.22. The second-order valence-electron chi connectivity index (χ2n) is 12.4. The Morgan fingerprint density at radius 1 is 0.553 bits per heavy atom. The number of nitrogens with zero attached hydrogens (tertiary/aromatic N) is 7. The number of para-hydroxylation sites is 2. The molecule has 250 valence electrons. The molecule has 2 aromatic heterocycles. The Morgan fingerprint density at radius 3 is 1.57 bits per heavy atom. The third-order valence-corrected chi connectivity index (χ3v) is 7.49. The second kappa shape index (κ2) is 18.8. The molecular formula is C37H52N10. The van der Waals surface area contributed by atoms with E-state index in [1.807, 2.05) is 43.4 Å². The summed E-state index contributed by atoms with van der Waals surface area (Å²) in [7, 11) is 12.4. The van der Waals surface area contributed by atoms with Crippen molar-refractivity contribution < 1.29 is 0 Å². The Labute approximate surface area is 280 Å². The van der Waals surface area contributed by atoms with Gasteiger partial charge in [0.2, 0.25) is 0 Å². The van der Waals surface area contributed by atoms with E-state index in [9.17, 15) is 0 Å². The van der Waals surface area contributed by atoms with Crippen LogP contribution < -0.4 is 16.0 Å². The van der Waals surface area contributed by atoms with E-state index in [1.165, 1.54) is 5.56 Å². The Kier molecular flexibility index (Phi) is 14.3. The lowest BCUT2D eigenvalue weighted by atomic mass is 10.2. The maximum absolute atomic E-state index is 4.82. The first-order valence-electron chi connectivity index (χ1n) is 16.5. The molecular weight excluding hydrogens is 584 g/mol. The molecule has 0 fully saturated rings. The highest BCUT2D eigenvalue weighted by atomic mass is 15.1. The molecule has 0 unspecified atom stereocenters. The summed E-state index contributed by atoms with van der Waals surface area (Å²) in [6.45, 7) is 6.21. The highest BCUT2D eigenvalue weighted by molar-refractivity contribution is 5.89. The molecule has 10 nitrogen and oxygen atoms in total. The van der Waals surface area contributed by atoms with E-state index in [4.69, 9.17) is 9.97 Å². The van der Waals surface area contributed by atoms with Crippen molar-refractivity contribution in [2.24, 2.45) is 0 Å². The van der Waals surface area contributed by atoms with E-state index in [1.54, 1.807) is 0 Å². The Morgan fingerprint density at radius 2 is 1.04 bits per heavy atom. The maximum atomic E-state index is 4.82. The van der Waals surface area contributed by atoms with E-state index in [0.717, 1.165) is 90.7 Å². The quantitative estimate of drug-likeness (QED) is 0.123. The zero-order valence-corrected chi connectivity index (χ0v) is 29.0. The predicted octanol–water partition coefficient (Wildman–Crippen LogP) is 5.34. The van der Waals surface area contributed by atoms with Gasteiger partial charge in [-0.3, -0.25) is 4.90 Å². The molecule has 0 atom stereocenters. The number of fused-ring (bicyclic) bond motifs is 2. The van der Waals surface area contributed by atoms with Gasteiger partial charge in [0.05, 0.1) is 24.1 Å². The van der Waals surface area contributed by atoms with E-state index >= 15 is 0 Å². The summed E-state index contributed by atoms with van der Waals surface area (Å²) in [5.74, 6) is 3.53. The van der Waals surface area contributed by atoms with Crippen molar-refractivity contribution in [3.63, 3.8) is 0 Å². The highest BCUT2D eigenvalue weighted by Crippen LogP contribution is 2.21. The van der Waals surface area contributed by atoms with Gasteiger partial charge in [-0.05, 0) is 98.0 Å². The molecule has 3 aromatic carbocycles. The monoisotopic (exact) mass is 636 g/mol. The lowest BCUT2D eigenvalue weighted by molar-refractivity contribution is 0.311. The molecule has 0 bridgehead atoms. The highest BCUT2D eigenvalue weighted by Gasteiger charge is 2.10. The van der Waals surface area contributed by atoms with Crippen LogP contribution in [0.25, 0.3) is 21.8 Å². The van der Waals surface area contributed by atoms with Crippen LogP contribution in [0.2, 0.25) is 0 Å². The number of rotatable bonds is 16. The average Bonchev–Trinajstić information content (AvgIpc) is 3.05. The third-order valence-electron chi connectivity index (χ3n) is 7.49. The molecule has 0 radical (unpaired) electrons. The summed E-state index contributed by atoms with van der Waals surface area (Å²) in [4.78, 5) is 25.4. The summed E-state index contributed by atoms with van der Waals surface area (Å²) in [6, 6.07) is 26.8. The number of anilines is 2. The number of nitrogens with one attached hydrogen (secondary N) is 3. The molecule has 0 aliphatic carbocycles. The van der Waals surface area contributed by atoms with Gasteiger partial charge in [-0.2, -0.15) is 0 Å². The van der Waals surface area contributed by atoms with Crippen molar-refractivity contribution in [2.75, 3.05) is 79.1 Å². The number of hydrogen-bond acceptors (Lipinski definition) is 10. The fourth-order valence-electron chi connectivity index (χ4n) is 5.22. The van der Waals surface area contributed by atoms with Gasteiger partial charge in [-0.15, -0.1) is 0 Å². The summed E-state index contributed by atoms with van der Waals surface area (Å²) < 4.78 is 0. The zero-order valence-electron chi connectivity index (χ0n) is 29.0. The van der Waals surface area contributed by atoms with Gasteiger partial charge < -0.3 is 25.8 Å². The molecule has 3 N–H and O–H groups in total. The summed E-state index contributed by atoms with van der Waals surface area (Å²) >= 11 is 0. The standard InChI is InChI=1S/C22H29N5.C15H23N5/c1-26(2)15-9-14-23-22-19-12-7-8-13-20(19)24-21(25-22)17-27(3)16-18-10-5-4-6-11-18;1-16-11-14-18-13-8-5-4-7-12(13)15(19-14)17-9-6-10-20(2)3/h4-8,10-13H,9,14-17H2,1-3H3,(H,23,24,25);4-5,7-8,16H,6,9-11H2,1-3H3,(H,17,18,19). The molecule has 0 saturated carbocycles. The molecule has 0 aliphatic heterocycles. The van der Waals surface area contributed by atoms with Crippen molar-refractivity contribution in [3.8, 4) is 0 Å². The minimum Gasteiger partial charge on any atom is -0.369 e. The topological polar surface area (TPSA) is 97.4 Å². The van der Waals surface area contributed by atoms with E-state index in [0.29, 0.717) is 13.1 Å². The van der Waals surface area contributed by atoms with E-state index in [2.05, 4.69) is 118 Å². The van der Waals surface area contributed by atoms with Gasteiger partial charge in [0.25, 0.3) is 0 Å². The largest absolute Gasteiger partial charge is 0.369 e. The third kappa shape index (κ3) is 11.8. The van der Waals surface area contributed by atoms with Gasteiger partial charge in [0.1, 0.15) is 23.3 Å². The Bertz CT molecular complexity index is 1640. The van der Waals surface area contributed by atoms with Crippen LogP contribution in [0, 0.1) is 0 Å². The summed E-state index contributed by atoms with van der Waals surface area (Å²) in [6.07, 6.45) is 2.17. The molecule has 5 aromatic rings. The number of benzene rings is 3. The molecule has 5 rings (SSSR count). The molecule has 10 heteroatoms. The minimum atomic E-state index is 0.678. The molecule has 0 amide bonds. The van der Waals surface area contributed by atoms with Crippen molar-refractivity contribution in [1.29, 1.82) is 0 Å². The summed E-state index contributed by atoms with van der Waals surface area (Å²) in [5.41, 5.74) is 3.27. The van der Waals surface area contributed by atoms with Crippen molar-refractivity contribution >= 4 is 33.4 Å². The van der Waals surface area contributed by atoms with Crippen molar-refractivity contribution in [2.45, 2.75) is 32.5 Å². The van der Waals surface area contributed by atoms with Crippen LogP contribution in [0.3, 0.4) is 0 Å². The second-order valence-corrected chi connectivity index (χ2v) is 12.4. The van der Waals surface area contributed by atoms with Crippen LogP contribution >= 0.6 is 0 Å². The first kappa shape index (κ1) is 35.6. The fraction of sp³-hybridized carbons (Fsp3) is 0.405. The van der Waals surface area contributed by atoms with E-state index in [-0.39, 0.29) is 0 Å². The fourth-order valence-corrected chi connectivity index (χ4v) is 5.22. The molecule has 0 aliphatic rings. The molecule has 2 heterocycles. The number of aromatic nitrogens is 4. The summed E-state index contributed by atoms with van der Waals surface area (Å²) in [5, 5.41) is 12.2. The molecule has 47 heavy (non-hydrogen) atoms. The SMILES string of the molecule is CN(C)CCCNc1nc(CN(C)Cc2ccccc2)nc2ccccc12.CNCc1nc(NCCCN(C)C)c2ccccc2n1. The average molecular weight is 637 g/mol. The maximum Gasteiger partial charge on any atom is 0.145 e. The van der Waals surface area contributed by atoms with Gasteiger partial charge in [0.15, 0.2) is 0 Å². The zero-order chi connectivity index (χ0) is 33.4. The lowest BCUT2D eigenvalue weighted by Crippen LogP contribution is -2.20. The van der Waals surface area contributed by atoms with Gasteiger partial charge >= 0.3 is 0 Å². The van der Waals surface area contributed by atoms with E-state index < -0.39 is 0 Å². The van der Waals surface area contributed by atoms with Gasteiger partial charge in [-0.1, -0.05) is 54.6 Å². The van der Waals surface area contributed by atoms with Crippen molar-refractivity contribution in [1.82, 2.24) is 40.0 Å². The van der Waals surface area contributed by atoms with Crippen LogP contribution in [-0.2, 0) is 19.6 Å². The van der Waals surface area contributed by atoms with Crippen molar-refractivity contribution in [3.05, 3.63) is 96.1 Å². The van der Waals surface area contributed by atoms with Crippen LogP contribution in [0.1, 0.15) is 30.1 Å². The number of hydrogen-bond donors (Lipinski definition) is 3. The first-order chi connectivity index (χ1) is 22.8. The Balaban J connectivity index is 0.000000223. The minimum absolute atomic E-state index is 0.678. The molecule has 0 saturated heterocycles. The van der Waals surface area contributed by atoms with Gasteiger partial charge in [-0.25, -0.2) is 19.9 Å². The van der Waals surface area contributed by atoms with Crippen LogP contribution in [0.15, 0.2) is 78.9 Å². The lowest BCUT2D eigenvalue weighted by Gasteiger charge is -2.17. The van der Waals surface area contributed by atoms with Crippen LogP contribution in [0.4, 0.5) is 11.6 Å². The molecule has 0 spiro atoms. The van der Waals surface area contributed by atoms with Crippen LogP contribution in [0.5, 0.6) is 0 Å². The smallest absolute Gasteiger partial charge is 0.145 e.